The maximum absolute atomic E-state index is 3.94. The van der Waals surface area contributed by atoms with Crippen molar-refractivity contribution in [2.75, 3.05) is 0 Å². The summed E-state index contributed by atoms with van der Waals surface area (Å²) in [4.78, 5) is 0. The van der Waals surface area contributed by atoms with Crippen LogP contribution in [-0.4, -0.2) is 13.7 Å². The summed E-state index contributed by atoms with van der Waals surface area (Å²) in [5.74, 6) is 0. The van der Waals surface area contributed by atoms with Crippen LogP contribution in [0.3, 0.4) is 0 Å². The van der Waals surface area contributed by atoms with E-state index in [1.165, 1.54) is 71.0 Å². The van der Waals surface area contributed by atoms with Gasteiger partial charge in [0, 0.05) is 55.1 Å². The van der Waals surface area contributed by atoms with E-state index in [-0.39, 0.29) is 6.04 Å². The minimum absolute atomic E-state index is 0.0807. The molecule has 1 unspecified atom stereocenters. The van der Waals surface area contributed by atoms with E-state index in [0.29, 0.717) is 0 Å². The second kappa shape index (κ2) is 12.5. The molecule has 1 atom stereocenters. The monoisotopic (exact) mass is 728 g/mol. The molecule has 3 aromatic heterocycles. The predicted octanol–water partition coefficient (Wildman–Crippen LogP) is 13.2. The summed E-state index contributed by atoms with van der Waals surface area (Å²) >= 11 is 0. The van der Waals surface area contributed by atoms with Gasteiger partial charge in [-0.1, -0.05) is 146 Å². The van der Waals surface area contributed by atoms with Crippen LogP contribution in [0.15, 0.2) is 206 Å². The summed E-state index contributed by atoms with van der Waals surface area (Å²) in [6, 6.07) is 70.2. The van der Waals surface area contributed by atoms with E-state index >= 15 is 0 Å². The number of dihydropyridines is 1. The molecule has 0 radical (unpaired) electrons. The average molecular weight is 729 g/mol. The maximum atomic E-state index is 3.94. The van der Waals surface area contributed by atoms with Crippen molar-refractivity contribution in [2.24, 2.45) is 0 Å². The molecule has 1 N–H and O–H groups in total. The number of allylic oxidation sites excluding steroid dienone is 2. The fraction of sp³-hybridized carbons (Fsp3) is 0.0189. The van der Waals surface area contributed by atoms with Crippen LogP contribution in [0.1, 0.15) is 17.2 Å². The van der Waals surface area contributed by atoms with E-state index in [9.17, 15) is 0 Å². The highest BCUT2D eigenvalue weighted by Crippen LogP contribution is 2.43. The van der Waals surface area contributed by atoms with Gasteiger partial charge in [0.2, 0.25) is 0 Å². The van der Waals surface area contributed by atoms with Crippen molar-refractivity contribution >= 4 is 76.8 Å². The number of fused-ring (bicyclic) bond motifs is 10. The molecule has 1 aliphatic heterocycles. The second-order valence-electron chi connectivity index (χ2n) is 15.0. The summed E-state index contributed by atoms with van der Waals surface area (Å²) < 4.78 is 7.35. The topological polar surface area (TPSA) is 26.8 Å². The lowest BCUT2D eigenvalue weighted by molar-refractivity contribution is 0.761. The molecule has 0 amide bonds. The Kier molecular flexibility index (Phi) is 6.96. The fourth-order valence-corrected chi connectivity index (χ4v) is 9.37. The summed E-state index contributed by atoms with van der Waals surface area (Å²) in [7, 11) is 0. The van der Waals surface area contributed by atoms with Crippen LogP contribution in [0.25, 0.3) is 88.2 Å². The van der Waals surface area contributed by atoms with Crippen molar-refractivity contribution < 1.29 is 0 Å². The first-order valence-corrected chi connectivity index (χ1v) is 19.7. The van der Waals surface area contributed by atoms with Crippen LogP contribution < -0.4 is 5.32 Å². The molecular formula is C53H36N4. The van der Waals surface area contributed by atoms with Gasteiger partial charge >= 0.3 is 0 Å². The molecule has 0 bridgehead atoms. The van der Waals surface area contributed by atoms with Crippen molar-refractivity contribution in [2.45, 2.75) is 6.04 Å². The Morgan fingerprint density at radius 3 is 1.37 bits per heavy atom. The van der Waals surface area contributed by atoms with Gasteiger partial charge in [0.15, 0.2) is 0 Å². The molecule has 4 heteroatoms. The Labute approximate surface area is 329 Å². The van der Waals surface area contributed by atoms with Crippen LogP contribution in [0.4, 0.5) is 0 Å². The number of para-hydroxylation sites is 5. The Morgan fingerprint density at radius 2 is 0.789 bits per heavy atom. The number of nitrogens with zero attached hydrogens (tertiary/aromatic N) is 3. The quantitative estimate of drug-likeness (QED) is 0.188. The molecule has 268 valence electrons. The highest BCUT2D eigenvalue weighted by Gasteiger charge is 2.25. The first-order chi connectivity index (χ1) is 28.3. The zero-order valence-corrected chi connectivity index (χ0v) is 31.0. The third-order valence-electron chi connectivity index (χ3n) is 11.9. The van der Waals surface area contributed by atoms with Gasteiger partial charge < -0.3 is 19.0 Å². The van der Waals surface area contributed by atoms with Gasteiger partial charge in [0.1, 0.15) is 0 Å². The second-order valence-corrected chi connectivity index (χ2v) is 15.0. The lowest BCUT2D eigenvalue weighted by Crippen LogP contribution is -2.22. The molecule has 0 saturated carbocycles. The number of hydrogen-bond donors (Lipinski definition) is 1. The molecule has 0 aliphatic carbocycles. The molecule has 4 heterocycles. The number of rotatable bonds is 5. The van der Waals surface area contributed by atoms with Crippen LogP contribution in [0.2, 0.25) is 0 Å². The standard InChI is InChI=1S/C53H36N4/c1-3-15-35(16-4-1)46-33-39(34-47(54-46)36-27-29-38(30-28-36)55-48-23-11-7-19-40(48)41-20-8-12-24-49(41)55)57-51-26-14-10-22-43(51)45-32-31-44-42-21-9-13-25-50(42)56(52(44)53(45)57)37-17-5-2-6-18-37/h1-34,47,54H. The van der Waals surface area contributed by atoms with Crippen LogP contribution >= 0.6 is 0 Å². The van der Waals surface area contributed by atoms with E-state index < -0.39 is 0 Å². The predicted molar refractivity (Wildman–Crippen MR) is 239 cm³/mol. The summed E-state index contributed by atoms with van der Waals surface area (Å²) in [6.07, 6.45) is 4.74. The molecular weight excluding hydrogens is 693 g/mol. The average Bonchev–Trinajstić information content (AvgIpc) is 3.93. The highest BCUT2D eigenvalue weighted by atomic mass is 15.1. The molecule has 0 spiro atoms. The zero-order valence-electron chi connectivity index (χ0n) is 31.0. The molecule has 0 fully saturated rings. The SMILES string of the molecule is C1=C(c2ccccc2)NC(c2ccc(-n3c4ccccc4c4ccccc43)cc2)C=C1n1c2ccccc2c2ccc3c4ccccc4n(-c4ccccc4)c3c21. The Balaban J connectivity index is 1.10. The molecule has 8 aromatic carbocycles. The third-order valence-corrected chi connectivity index (χ3v) is 11.9. The van der Waals surface area contributed by atoms with Gasteiger partial charge in [-0.05, 0) is 71.8 Å². The maximum Gasteiger partial charge on any atom is 0.0788 e. The van der Waals surface area contributed by atoms with Gasteiger partial charge in [-0.2, -0.15) is 0 Å². The molecule has 0 saturated heterocycles. The minimum atomic E-state index is -0.0807. The van der Waals surface area contributed by atoms with Crippen molar-refractivity contribution in [1.82, 2.24) is 19.0 Å². The molecule has 57 heavy (non-hydrogen) atoms. The van der Waals surface area contributed by atoms with Crippen LogP contribution in [-0.2, 0) is 0 Å². The van der Waals surface area contributed by atoms with Crippen molar-refractivity contribution in [3.63, 3.8) is 0 Å². The first-order valence-electron chi connectivity index (χ1n) is 19.7. The summed E-state index contributed by atoms with van der Waals surface area (Å²) in [6.45, 7) is 0. The van der Waals surface area contributed by atoms with E-state index in [1.807, 2.05) is 0 Å². The fourth-order valence-electron chi connectivity index (χ4n) is 9.37. The zero-order chi connectivity index (χ0) is 37.5. The first kappa shape index (κ1) is 31.8. The lowest BCUT2D eigenvalue weighted by atomic mass is 9.99. The number of hydrogen-bond acceptors (Lipinski definition) is 1. The Bertz CT molecular complexity index is 3360. The van der Waals surface area contributed by atoms with Crippen molar-refractivity contribution in [3.05, 3.63) is 217 Å². The van der Waals surface area contributed by atoms with Crippen molar-refractivity contribution in [3.8, 4) is 11.4 Å². The molecule has 4 nitrogen and oxygen atoms in total. The number of nitrogens with one attached hydrogen (secondary N) is 1. The van der Waals surface area contributed by atoms with E-state index in [4.69, 9.17) is 0 Å². The smallest absolute Gasteiger partial charge is 0.0788 e. The van der Waals surface area contributed by atoms with E-state index in [2.05, 4.69) is 225 Å². The number of aromatic nitrogens is 3. The van der Waals surface area contributed by atoms with Crippen LogP contribution in [0, 0.1) is 0 Å². The molecule has 12 rings (SSSR count). The molecule has 11 aromatic rings. The largest absolute Gasteiger partial charge is 0.374 e. The normalized spacial score (nSPS) is 14.5. The van der Waals surface area contributed by atoms with Gasteiger partial charge in [0.05, 0.1) is 39.1 Å². The lowest BCUT2D eigenvalue weighted by Gasteiger charge is -2.27. The van der Waals surface area contributed by atoms with E-state index in [0.717, 1.165) is 28.3 Å². The Morgan fingerprint density at radius 1 is 0.351 bits per heavy atom. The van der Waals surface area contributed by atoms with Gasteiger partial charge in [-0.3, -0.25) is 0 Å². The Hall–Kier alpha value is -7.56. The highest BCUT2D eigenvalue weighted by molar-refractivity contribution is 6.24. The van der Waals surface area contributed by atoms with Crippen molar-refractivity contribution in [1.29, 1.82) is 0 Å². The number of benzene rings is 8. The van der Waals surface area contributed by atoms with Crippen LogP contribution in [0.5, 0.6) is 0 Å². The molecule has 1 aliphatic rings. The van der Waals surface area contributed by atoms with Gasteiger partial charge in [0.25, 0.3) is 0 Å². The summed E-state index contributed by atoms with van der Waals surface area (Å²) in [5, 5.41) is 11.4. The van der Waals surface area contributed by atoms with Gasteiger partial charge in [-0.15, -0.1) is 0 Å². The summed E-state index contributed by atoms with van der Waals surface area (Å²) in [5.41, 5.74) is 14.1. The van der Waals surface area contributed by atoms with E-state index in [1.54, 1.807) is 0 Å². The minimum Gasteiger partial charge on any atom is -0.374 e. The van der Waals surface area contributed by atoms with Gasteiger partial charge in [-0.25, -0.2) is 0 Å². The third kappa shape index (κ3) is 4.81.